The fourth-order valence-electron chi connectivity index (χ4n) is 3.93. The van der Waals surface area contributed by atoms with Crippen LogP contribution in [0.4, 0.5) is 0 Å². The van der Waals surface area contributed by atoms with Gasteiger partial charge in [0.05, 0.1) is 10.0 Å². The SMILES string of the molecule is CC[C@@H](C)NC(=O)[C@@H](Cc1ccccc1)N(Cc1ccc(Cl)c(Cl)c1)C(=O)COc1cccc(C)c1C. The molecule has 0 aliphatic rings. The van der Waals surface area contributed by atoms with Crippen LogP contribution in [0.25, 0.3) is 0 Å². The molecule has 7 heteroatoms. The van der Waals surface area contributed by atoms with Crippen molar-refractivity contribution < 1.29 is 14.3 Å². The number of carbonyl (C=O) groups excluding carboxylic acids is 2. The van der Waals surface area contributed by atoms with Crippen LogP contribution in [-0.2, 0) is 22.6 Å². The molecule has 0 bridgehead atoms. The zero-order valence-corrected chi connectivity index (χ0v) is 23.3. The maximum atomic E-state index is 13.7. The van der Waals surface area contributed by atoms with Crippen LogP contribution in [0, 0.1) is 13.8 Å². The van der Waals surface area contributed by atoms with Crippen molar-refractivity contribution in [3.8, 4) is 5.75 Å². The lowest BCUT2D eigenvalue weighted by molar-refractivity contribution is -0.143. The highest BCUT2D eigenvalue weighted by Crippen LogP contribution is 2.25. The Balaban J connectivity index is 1.95. The van der Waals surface area contributed by atoms with Gasteiger partial charge in [-0.3, -0.25) is 9.59 Å². The number of hydrogen-bond donors (Lipinski definition) is 1. The largest absolute Gasteiger partial charge is 0.483 e. The summed E-state index contributed by atoms with van der Waals surface area (Å²) in [4.78, 5) is 28.9. The smallest absolute Gasteiger partial charge is 0.261 e. The van der Waals surface area contributed by atoms with E-state index in [0.717, 1.165) is 28.7 Å². The van der Waals surface area contributed by atoms with Gasteiger partial charge in [-0.05, 0) is 67.6 Å². The standard InChI is InChI=1S/C30H34Cl2N2O3/c1-5-21(3)33-30(36)27(17-23-11-7-6-8-12-23)34(18-24-14-15-25(31)26(32)16-24)29(35)19-37-28-13-9-10-20(2)22(28)4/h6-16,21,27H,5,17-19H2,1-4H3,(H,33,36)/t21-,27-/m1/s1. The summed E-state index contributed by atoms with van der Waals surface area (Å²) in [6.07, 6.45) is 1.14. The minimum absolute atomic E-state index is 0.0288. The van der Waals surface area contributed by atoms with Crippen molar-refractivity contribution in [3.63, 3.8) is 0 Å². The summed E-state index contributed by atoms with van der Waals surface area (Å²) in [6.45, 7) is 7.89. The molecule has 5 nitrogen and oxygen atoms in total. The van der Waals surface area contributed by atoms with E-state index in [-0.39, 0.29) is 31.0 Å². The number of halogens is 2. The van der Waals surface area contributed by atoms with E-state index >= 15 is 0 Å². The summed E-state index contributed by atoms with van der Waals surface area (Å²) in [5.74, 6) is 0.136. The first kappa shape index (κ1) is 28.5. The molecule has 196 valence electrons. The molecule has 1 N–H and O–H groups in total. The van der Waals surface area contributed by atoms with Crippen molar-refractivity contribution in [2.75, 3.05) is 6.61 Å². The minimum atomic E-state index is -0.749. The van der Waals surface area contributed by atoms with Crippen LogP contribution in [0.15, 0.2) is 66.7 Å². The van der Waals surface area contributed by atoms with Crippen LogP contribution in [0.5, 0.6) is 5.75 Å². The zero-order chi connectivity index (χ0) is 26.9. The lowest BCUT2D eigenvalue weighted by atomic mass is 10.0. The van der Waals surface area contributed by atoms with Crippen LogP contribution in [0.1, 0.15) is 42.5 Å². The predicted octanol–water partition coefficient (Wildman–Crippen LogP) is 6.54. The number of benzene rings is 3. The van der Waals surface area contributed by atoms with Crippen LogP contribution >= 0.6 is 23.2 Å². The topological polar surface area (TPSA) is 58.6 Å². The number of nitrogens with one attached hydrogen (secondary N) is 1. The maximum absolute atomic E-state index is 13.7. The third-order valence-electron chi connectivity index (χ3n) is 6.52. The first-order chi connectivity index (χ1) is 17.7. The van der Waals surface area contributed by atoms with Gasteiger partial charge in [-0.15, -0.1) is 0 Å². The van der Waals surface area contributed by atoms with Gasteiger partial charge in [0, 0.05) is 19.0 Å². The second-order valence-corrected chi connectivity index (χ2v) is 10.1. The second-order valence-electron chi connectivity index (χ2n) is 9.28. The molecule has 0 saturated carbocycles. The maximum Gasteiger partial charge on any atom is 0.261 e. The Morgan fingerprint density at radius 3 is 2.35 bits per heavy atom. The van der Waals surface area contributed by atoms with E-state index in [0.29, 0.717) is 22.2 Å². The number of carbonyl (C=O) groups is 2. The summed E-state index contributed by atoms with van der Waals surface area (Å²) >= 11 is 12.4. The monoisotopic (exact) mass is 540 g/mol. The van der Waals surface area contributed by atoms with Gasteiger partial charge < -0.3 is 15.0 Å². The van der Waals surface area contributed by atoms with E-state index in [9.17, 15) is 9.59 Å². The van der Waals surface area contributed by atoms with Gasteiger partial charge in [0.15, 0.2) is 6.61 Å². The van der Waals surface area contributed by atoms with Gasteiger partial charge in [0.1, 0.15) is 11.8 Å². The first-order valence-corrected chi connectivity index (χ1v) is 13.2. The quantitative estimate of drug-likeness (QED) is 0.300. The van der Waals surface area contributed by atoms with Gasteiger partial charge in [0.25, 0.3) is 5.91 Å². The fraction of sp³-hybridized carbons (Fsp3) is 0.333. The molecule has 2 atom stereocenters. The van der Waals surface area contributed by atoms with Crippen molar-refractivity contribution in [1.29, 1.82) is 0 Å². The zero-order valence-electron chi connectivity index (χ0n) is 21.8. The van der Waals surface area contributed by atoms with Gasteiger partial charge in [-0.2, -0.15) is 0 Å². The van der Waals surface area contributed by atoms with E-state index in [1.54, 1.807) is 17.0 Å². The van der Waals surface area contributed by atoms with Gasteiger partial charge in [-0.1, -0.05) is 78.7 Å². The van der Waals surface area contributed by atoms with E-state index in [2.05, 4.69) is 5.32 Å². The minimum Gasteiger partial charge on any atom is -0.483 e. The molecule has 0 aliphatic heterocycles. The van der Waals surface area contributed by atoms with Crippen molar-refractivity contribution in [2.45, 2.75) is 59.2 Å². The Morgan fingerprint density at radius 1 is 0.946 bits per heavy atom. The molecule has 0 fully saturated rings. The van der Waals surface area contributed by atoms with Gasteiger partial charge in [-0.25, -0.2) is 0 Å². The summed E-state index contributed by atoms with van der Waals surface area (Å²) in [5, 5.41) is 3.88. The molecule has 2 amide bonds. The number of aryl methyl sites for hydroxylation is 1. The molecule has 3 aromatic carbocycles. The van der Waals surface area contributed by atoms with Crippen molar-refractivity contribution in [2.24, 2.45) is 0 Å². The first-order valence-electron chi connectivity index (χ1n) is 12.5. The van der Waals surface area contributed by atoms with Crippen LogP contribution < -0.4 is 10.1 Å². The lowest BCUT2D eigenvalue weighted by Gasteiger charge is -2.32. The Kier molecular flexibility index (Phi) is 10.4. The highest BCUT2D eigenvalue weighted by atomic mass is 35.5. The van der Waals surface area contributed by atoms with E-state index in [1.807, 2.05) is 82.3 Å². The number of amides is 2. The third kappa shape index (κ3) is 7.98. The number of ether oxygens (including phenoxy) is 1. The van der Waals surface area contributed by atoms with E-state index in [4.69, 9.17) is 27.9 Å². The Bertz CT molecular complexity index is 1220. The Hall–Kier alpha value is -3.02. The molecule has 0 unspecified atom stereocenters. The second kappa shape index (κ2) is 13.5. The molecular formula is C30H34Cl2N2O3. The predicted molar refractivity (Wildman–Crippen MR) is 150 cm³/mol. The van der Waals surface area contributed by atoms with Crippen molar-refractivity contribution >= 4 is 35.0 Å². The molecule has 0 spiro atoms. The summed E-state index contributed by atoms with van der Waals surface area (Å²) < 4.78 is 5.95. The highest BCUT2D eigenvalue weighted by molar-refractivity contribution is 6.42. The Labute approximate surface area is 229 Å². The summed E-state index contributed by atoms with van der Waals surface area (Å²) in [7, 11) is 0. The average molecular weight is 542 g/mol. The lowest BCUT2D eigenvalue weighted by Crippen LogP contribution is -2.53. The van der Waals surface area contributed by atoms with Crippen molar-refractivity contribution in [1.82, 2.24) is 10.2 Å². The molecule has 0 radical (unpaired) electrons. The number of nitrogens with zero attached hydrogens (tertiary/aromatic N) is 1. The molecular weight excluding hydrogens is 507 g/mol. The molecule has 37 heavy (non-hydrogen) atoms. The molecule has 0 heterocycles. The van der Waals surface area contributed by atoms with Crippen LogP contribution in [0.2, 0.25) is 10.0 Å². The van der Waals surface area contributed by atoms with E-state index < -0.39 is 6.04 Å². The Morgan fingerprint density at radius 2 is 1.68 bits per heavy atom. The summed E-state index contributed by atoms with van der Waals surface area (Å²) in [5.41, 5.74) is 3.77. The van der Waals surface area contributed by atoms with Crippen LogP contribution in [0.3, 0.4) is 0 Å². The molecule has 3 rings (SSSR count). The van der Waals surface area contributed by atoms with Gasteiger partial charge >= 0.3 is 0 Å². The number of hydrogen-bond acceptors (Lipinski definition) is 3. The normalized spacial score (nSPS) is 12.5. The molecule has 0 aliphatic carbocycles. The highest BCUT2D eigenvalue weighted by Gasteiger charge is 2.31. The third-order valence-corrected chi connectivity index (χ3v) is 7.25. The average Bonchev–Trinajstić information content (AvgIpc) is 2.89. The number of rotatable bonds is 11. The van der Waals surface area contributed by atoms with Gasteiger partial charge in [0.2, 0.25) is 5.91 Å². The molecule has 0 aromatic heterocycles. The molecule has 0 saturated heterocycles. The van der Waals surface area contributed by atoms with Crippen molar-refractivity contribution in [3.05, 3.63) is 99.0 Å². The molecule has 3 aromatic rings. The van der Waals surface area contributed by atoms with Crippen LogP contribution in [-0.4, -0.2) is 35.4 Å². The van der Waals surface area contributed by atoms with E-state index in [1.165, 1.54) is 0 Å². The summed E-state index contributed by atoms with van der Waals surface area (Å²) in [6, 6.07) is 19.9. The fourth-order valence-corrected chi connectivity index (χ4v) is 4.25.